The first kappa shape index (κ1) is 20.2. The SMILES string of the molecule is CCOC(=O)C1CCCN(Cc2nc(-c3ccc(-c4ccnc(C)n4)cc3)no2)C1. The van der Waals surface area contributed by atoms with Gasteiger partial charge in [0, 0.05) is 23.9 Å². The molecule has 1 aliphatic heterocycles. The van der Waals surface area contributed by atoms with Crippen molar-refractivity contribution in [3.05, 3.63) is 48.2 Å². The zero-order valence-electron chi connectivity index (χ0n) is 17.2. The van der Waals surface area contributed by atoms with E-state index in [4.69, 9.17) is 9.26 Å². The molecule has 0 amide bonds. The van der Waals surface area contributed by atoms with E-state index < -0.39 is 0 Å². The largest absolute Gasteiger partial charge is 0.466 e. The highest BCUT2D eigenvalue weighted by Gasteiger charge is 2.27. The molecule has 1 saturated heterocycles. The molecule has 3 aromatic rings. The molecule has 1 unspecified atom stereocenters. The van der Waals surface area contributed by atoms with Crippen LogP contribution in [-0.4, -0.2) is 50.7 Å². The van der Waals surface area contributed by atoms with Crippen LogP contribution in [0.5, 0.6) is 0 Å². The summed E-state index contributed by atoms with van der Waals surface area (Å²) < 4.78 is 10.6. The molecule has 2 aromatic heterocycles. The number of hydrogen-bond acceptors (Lipinski definition) is 8. The van der Waals surface area contributed by atoms with Crippen molar-refractivity contribution in [1.82, 2.24) is 25.0 Å². The Bertz CT molecular complexity index is 1000. The van der Waals surface area contributed by atoms with E-state index >= 15 is 0 Å². The third kappa shape index (κ3) is 4.71. The van der Waals surface area contributed by atoms with Crippen LogP contribution in [0.3, 0.4) is 0 Å². The minimum absolute atomic E-state index is 0.0842. The van der Waals surface area contributed by atoms with E-state index in [2.05, 4.69) is 25.0 Å². The minimum Gasteiger partial charge on any atom is -0.466 e. The average molecular weight is 407 g/mol. The molecule has 30 heavy (non-hydrogen) atoms. The van der Waals surface area contributed by atoms with Gasteiger partial charge in [-0.1, -0.05) is 29.4 Å². The number of nitrogens with zero attached hydrogens (tertiary/aromatic N) is 5. The number of aryl methyl sites for hydroxylation is 1. The Morgan fingerprint density at radius 2 is 2.00 bits per heavy atom. The van der Waals surface area contributed by atoms with Gasteiger partial charge in [0.2, 0.25) is 11.7 Å². The van der Waals surface area contributed by atoms with Crippen LogP contribution in [0.25, 0.3) is 22.6 Å². The summed E-state index contributed by atoms with van der Waals surface area (Å²) in [6.07, 6.45) is 3.57. The van der Waals surface area contributed by atoms with Gasteiger partial charge < -0.3 is 9.26 Å². The minimum atomic E-state index is -0.118. The van der Waals surface area contributed by atoms with Crippen LogP contribution in [0.15, 0.2) is 41.1 Å². The summed E-state index contributed by atoms with van der Waals surface area (Å²) in [7, 11) is 0. The van der Waals surface area contributed by atoms with Crippen LogP contribution in [0, 0.1) is 12.8 Å². The Hall–Kier alpha value is -3.13. The molecule has 1 fully saturated rings. The lowest BCUT2D eigenvalue weighted by molar-refractivity contribution is -0.150. The number of hydrogen-bond donors (Lipinski definition) is 0. The standard InChI is InChI=1S/C22H25N5O3/c1-3-29-22(28)18-5-4-12-27(13-18)14-20-25-21(26-30-20)17-8-6-16(7-9-17)19-10-11-23-15(2)24-19/h6-11,18H,3-5,12-14H2,1-2H3. The number of benzene rings is 1. The molecule has 0 saturated carbocycles. The number of carbonyl (C=O) groups is 1. The van der Waals surface area contributed by atoms with Crippen LogP contribution in [0.4, 0.5) is 0 Å². The highest BCUT2D eigenvalue weighted by molar-refractivity contribution is 5.72. The van der Waals surface area contributed by atoms with Crippen molar-refractivity contribution < 1.29 is 14.1 Å². The maximum Gasteiger partial charge on any atom is 0.310 e. The van der Waals surface area contributed by atoms with Gasteiger partial charge in [-0.05, 0) is 39.3 Å². The third-order valence-electron chi connectivity index (χ3n) is 5.17. The normalized spacial score (nSPS) is 17.1. The van der Waals surface area contributed by atoms with Crippen molar-refractivity contribution in [3.8, 4) is 22.6 Å². The van der Waals surface area contributed by atoms with Gasteiger partial charge in [0.05, 0.1) is 24.8 Å². The highest BCUT2D eigenvalue weighted by Crippen LogP contribution is 2.23. The van der Waals surface area contributed by atoms with E-state index in [0.29, 0.717) is 31.4 Å². The predicted octanol–water partition coefficient (Wildman–Crippen LogP) is 3.28. The van der Waals surface area contributed by atoms with Gasteiger partial charge >= 0.3 is 5.97 Å². The molecule has 156 valence electrons. The molecule has 1 aliphatic rings. The van der Waals surface area contributed by atoms with E-state index in [-0.39, 0.29) is 11.9 Å². The van der Waals surface area contributed by atoms with Crippen molar-refractivity contribution in [1.29, 1.82) is 0 Å². The van der Waals surface area contributed by atoms with Crippen LogP contribution in [-0.2, 0) is 16.1 Å². The molecule has 0 aliphatic carbocycles. The summed E-state index contributed by atoms with van der Waals surface area (Å²) in [6.45, 7) is 6.21. The predicted molar refractivity (Wildman–Crippen MR) is 110 cm³/mol. The van der Waals surface area contributed by atoms with Crippen LogP contribution < -0.4 is 0 Å². The molecule has 3 heterocycles. The maximum atomic E-state index is 12.0. The Morgan fingerprint density at radius 3 is 2.77 bits per heavy atom. The summed E-state index contributed by atoms with van der Waals surface area (Å²) in [5, 5.41) is 4.12. The first-order valence-electron chi connectivity index (χ1n) is 10.2. The number of piperidine rings is 1. The molecular weight excluding hydrogens is 382 g/mol. The zero-order valence-corrected chi connectivity index (χ0v) is 17.2. The molecule has 0 spiro atoms. The van der Waals surface area contributed by atoms with E-state index in [1.54, 1.807) is 6.20 Å². The lowest BCUT2D eigenvalue weighted by Gasteiger charge is -2.30. The van der Waals surface area contributed by atoms with Gasteiger partial charge in [0.1, 0.15) is 5.82 Å². The number of carbonyl (C=O) groups excluding carboxylic acids is 1. The molecule has 1 atom stereocenters. The second kappa shape index (κ2) is 9.13. The lowest BCUT2D eigenvalue weighted by Crippen LogP contribution is -2.39. The molecular formula is C22H25N5O3. The monoisotopic (exact) mass is 407 g/mol. The number of likely N-dealkylation sites (tertiary alicyclic amines) is 1. The Balaban J connectivity index is 1.41. The Labute approximate surface area is 175 Å². The highest BCUT2D eigenvalue weighted by atomic mass is 16.5. The summed E-state index contributed by atoms with van der Waals surface area (Å²) in [6, 6.07) is 9.78. The zero-order chi connectivity index (χ0) is 20.9. The van der Waals surface area contributed by atoms with Gasteiger partial charge in [-0.15, -0.1) is 0 Å². The van der Waals surface area contributed by atoms with E-state index in [0.717, 1.165) is 42.0 Å². The summed E-state index contributed by atoms with van der Waals surface area (Å²) >= 11 is 0. The van der Waals surface area contributed by atoms with E-state index in [1.165, 1.54) is 0 Å². The quantitative estimate of drug-likeness (QED) is 0.575. The third-order valence-corrected chi connectivity index (χ3v) is 5.17. The number of rotatable bonds is 6. The molecule has 1 aromatic carbocycles. The first-order chi connectivity index (χ1) is 14.6. The summed E-state index contributed by atoms with van der Waals surface area (Å²) in [5.74, 6) is 1.63. The van der Waals surface area contributed by atoms with Crippen molar-refractivity contribution in [2.45, 2.75) is 33.2 Å². The Kier molecular flexibility index (Phi) is 6.13. The van der Waals surface area contributed by atoms with Crippen molar-refractivity contribution in [3.63, 3.8) is 0 Å². The van der Waals surface area contributed by atoms with Crippen LogP contribution in [0.2, 0.25) is 0 Å². The number of esters is 1. The van der Waals surface area contributed by atoms with Gasteiger partial charge in [0.25, 0.3) is 0 Å². The van der Waals surface area contributed by atoms with Gasteiger partial charge in [-0.2, -0.15) is 4.98 Å². The molecule has 8 nitrogen and oxygen atoms in total. The molecule has 0 N–H and O–H groups in total. The molecule has 4 rings (SSSR count). The fourth-order valence-electron chi connectivity index (χ4n) is 3.69. The van der Waals surface area contributed by atoms with Crippen LogP contribution >= 0.6 is 0 Å². The van der Waals surface area contributed by atoms with E-state index in [9.17, 15) is 4.79 Å². The number of ether oxygens (including phenoxy) is 1. The molecule has 0 radical (unpaired) electrons. The smallest absolute Gasteiger partial charge is 0.310 e. The van der Waals surface area contributed by atoms with Crippen LogP contribution in [0.1, 0.15) is 31.5 Å². The molecule has 0 bridgehead atoms. The van der Waals surface area contributed by atoms with Crippen molar-refractivity contribution >= 4 is 5.97 Å². The lowest BCUT2D eigenvalue weighted by atomic mass is 9.98. The topological polar surface area (TPSA) is 94.2 Å². The van der Waals surface area contributed by atoms with Crippen molar-refractivity contribution in [2.24, 2.45) is 5.92 Å². The maximum absolute atomic E-state index is 12.0. The average Bonchev–Trinajstić information content (AvgIpc) is 3.23. The second-order valence-electron chi connectivity index (χ2n) is 7.40. The summed E-state index contributed by atoms with van der Waals surface area (Å²) in [4.78, 5) is 27.3. The first-order valence-corrected chi connectivity index (χ1v) is 10.2. The number of aromatic nitrogens is 4. The molecule has 8 heteroatoms. The fourth-order valence-corrected chi connectivity index (χ4v) is 3.69. The van der Waals surface area contributed by atoms with Gasteiger partial charge in [0.15, 0.2) is 0 Å². The summed E-state index contributed by atoms with van der Waals surface area (Å²) in [5.41, 5.74) is 2.76. The van der Waals surface area contributed by atoms with Gasteiger partial charge in [-0.3, -0.25) is 9.69 Å². The fraction of sp³-hybridized carbons (Fsp3) is 0.409. The van der Waals surface area contributed by atoms with Crippen molar-refractivity contribution in [2.75, 3.05) is 19.7 Å². The second-order valence-corrected chi connectivity index (χ2v) is 7.40. The van der Waals surface area contributed by atoms with E-state index in [1.807, 2.05) is 44.2 Å². The van der Waals surface area contributed by atoms with Gasteiger partial charge in [-0.25, -0.2) is 9.97 Å². The Morgan fingerprint density at radius 1 is 1.20 bits per heavy atom.